The Morgan fingerprint density at radius 2 is 1.83 bits per heavy atom. The number of pyridine rings is 1. The Bertz CT molecular complexity index is 816. The molecule has 1 spiro atoms. The van der Waals surface area contributed by atoms with E-state index in [2.05, 4.69) is 33.0 Å². The van der Waals surface area contributed by atoms with Gasteiger partial charge in [0.15, 0.2) is 0 Å². The highest BCUT2D eigenvalue weighted by atomic mass is 16.5. The molecule has 0 aliphatic carbocycles. The molecule has 0 unspecified atom stereocenters. The molecule has 2 aliphatic rings. The van der Waals surface area contributed by atoms with Crippen LogP contribution in [0.15, 0.2) is 48.8 Å². The fourth-order valence-electron chi connectivity index (χ4n) is 4.71. The molecular formula is C24H31N3O2. The van der Waals surface area contributed by atoms with Gasteiger partial charge in [0, 0.05) is 38.4 Å². The maximum atomic E-state index is 12.5. The third-order valence-corrected chi connectivity index (χ3v) is 6.40. The number of hydrogen-bond donors (Lipinski definition) is 0. The quantitative estimate of drug-likeness (QED) is 0.747. The summed E-state index contributed by atoms with van der Waals surface area (Å²) in [5.41, 5.74) is 2.76. The van der Waals surface area contributed by atoms with Crippen LogP contribution in [0.2, 0.25) is 0 Å². The molecule has 3 heterocycles. The fourth-order valence-corrected chi connectivity index (χ4v) is 4.71. The summed E-state index contributed by atoms with van der Waals surface area (Å²) in [5.74, 6) is 1.25. The van der Waals surface area contributed by atoms with Gasteiger partial charge in [-0.1, -0.05) is 12.1 Å². The molecule has 0 bridgehead atoms. The zero-order valence-electron chi connectivity index (χ0n) is 17.3. The predicted octanol–water partition coefficient (Wildman–Crippen LogP) is 3.89. The van der Waals surface area contributed by atoms with Crippen LogP contribution in [-0.4, -0.2) is 46.9 Å². The normalized spacial score (nSPS) is 19.5. The Morgan fingerprint density at radius 3 is 2.59 bits per heavy atom. The molecule has 0 radical (unpaired) electrons. The summed E-state index contributed by atoms with van der Waals surface area (Å²) < 4.78 is 5.64. The Kier molecular flexibility index (Phi) is 6.14. The van der Waals surface area contributed by atoms with Gasteiger partial charge in [0.1, 0.15) is 5.75 Å². The summed E-state index contributed by atoms with van der Waals surface area (Å²) in [6.45, 7) is 7.47. The minimum atomic E-state index is 0.282. The maximum Gasteiger partial charge on any atom is 0.222 e. The van der Waals surface area contributed by atoms with Crippen molar-refractivity contribution in [1.82, 2.24) is 14.8 Å². The Hall–Kier alpha value is -2.40. The van der Waals surface area contributed by atoms with E-state index in [1.54, 1.807) is 12.4 Å². The lowest BCUT2D eigenvalue weighted by Gasteiger charge is -2.47. The van der Waals surface area contributed by atoms with E-state index in [4.69, 9.17) is 4.74 Å². The number of nitrogens with zero attached hydrogens (tertiary/aromatic N) is 3. The van der Waals surface area contributed by atoms with Gasteiger partial charge < -0.3 is 9.64 Å². The van der Waals surface area contributed by atoms with Crippen molar-refractivity contribution >= 4 is 5.91 Å². The van der Waals surface area contributed by atoms with Gasteiger partial charge in [-0.3, -0.25) is 14.7 Å². The second-order valence-corrected chi connectivity index (χ2v) is 8.46. The number of carbonyl (C=O) groups is 1. The average Bonchev–Trinajstić information content (AvgIpc) is 2.74. The molecule has 29 heavy (non-hydrogen) atoms. The number of hydrogen-bond acceptors (Lipinski definition) is 4. The van der Waals surface area contributed by atoms with Gasteiger partial charge in [0.2, 0.25) is 5.91 Å². The van der Waals surface area contributed by atoms with Crippen molar-refractivity contribution in [1.29, 1.82) is 0 Å². The molecule has 1 aromatic carbocycles. The highest BCUT2D eigenvalue weighted by Crippen LogP contribution is 2.41. The van der Waals surface area contributed by atoms with Gasteiger partial charge in [-0.15, -0.1) is 0 Å². The van der Waals surface area contributed by atoms with Crippen LogP contribution in [0, 0.1) is 5.41 Å². The van der Waals surface area contributed by atoms with E-state index in [0.29, 0.717) is 25.5 Å². The molecular weight excluding hydrogens is 362 g/mol. The smallest absolute Gasteiger partial charge is 0.222 e. The van der Waals surface area contributed by atoms with Gasteiger partial charge >= 0.3 is 0 Å². The van der Waals surface area contributed by atoms with E-state index in [9.17, 15) is 4.79 Å². The van der Waals surface area contributed by atoms with Crippen LogP contribution in [0.25, 0.3) is 0 Å². The lowest BCUT2D eigenvalue weighted by atomic mass is 9.72. The Balaban J connectivity index is 1.34. The van der Waals surface area contributed by atoms with Gasteiger partial charge in [0.05, 0.1) is 6.61 Å². The molecule has 2 aromatic rings. The van der Waals surface area contributed by atoms with Crippen molar-refractivity contribution in [2.75, 3.05) is 26.2 Å². The summed E-state index contributed by atoms with van der Waals surface area (Å²) in [4.78, 5) is 21.2. The molecule has 5 nitrogen and oxygen atoms in total. The van der Waals surface area contributed by atoms with Crippen LogP contribution in [0.1, 0.15) is 43.7 Å². The molecule has 2 saturated heterocycles. The fraction of sp³-hybridized carbons (Fsp3) is 0.500. The standard InChI is InChI=1S/C24H31N3O2/c1-2-29-22-5-3-4-21(16-22)17-26-14-10-24(11-15-26)9-6-23(28)27(19-24)18-20-7-12-25-13-8-20/h3-5,7-8,12-13,16H,2,6,9-11,14-15,17-19H2,1H3. The number of benzene rings is 1. The van der Waals surface area contributed by atoms with Crippen molar-refractivity contribution in [3.63, 3.8) is 0 Å². The number of likely N-dealkylation sites (tertiary alicyclic amines) is 2. The molecule has 2 fully saturated rings. The largest absolute Gasteiger partial charge is 0.494 e. The molecule has 4 rings (SSSR count). The topological polar surface area (TPSA) is 45.7 Å². The SMILES string of the molecule is CCOc1cccc(CN2CCC3(CCC(=O)N(Cc4ccncc4)C3)CC2)c1. The minimum Gasteiger partial charge on any atom is -0.494 e. The first-order valence-corrected chi connectivity index (χ1v) is 10.8. The van der Waals surface area contributed by atoms with Gasteiger partial charge in [-0.2, -0.15) is 0 Å². The number of carbonyl (C=O) groups excluding carboxylic acids is 1. The van der Waals surface area contributed by atoms with Crippen molar-refractivity contribution < 1.29 is 9.53 Å². The predicted molar refractivity (Wildman–Crippen MR) is 113 cm³/mol. The third-order valence-electron chi connectivity index (χ3n) is 6.40. The van der Waals surface area contributed by atoms with Gasteiger partial charge in [0.25, 0.3) is 0 Å². The zero-order chi connectivity index (χ0) is 20.1. The minimum absolute atomic E-state index is 0.282. The molecule has 5 heteroatoms. The highest BCUT2D eigenvalue weighted by molar-refractivity contribution is 5.77. The van der Waals surface area contributed by atoms with E-state index in [-0.39, 0.29) is 5.41 Å². The molecule has 154 valence electrons. The van der Waals surface area contributed by atoms with Crippen LogP contribution >= 0.6 is 0 Å². The lowest BCUT2D eigenvalue weighted by Crippen LogP contribution is -2.51. The van der Waals surface area contributed by atoms with Crippen LogP contribution in [0.4, 0.5) is 0 Å². The van der Waals surface area contributed by atoms with Crippen molar-refractivity contribution in [3.8, 4) is 5.75 Å². The first kappa shape index (κ1) is 19.9. The van der Waals surface area contributed by atoms with E-state index in [1.165, 1.54) is 5.56 Å². The number of rotatable bonds is 6. The zero-order valence-corrected chi connectivity index (χ0v) is 17.3. The first-order chi connectivity index (χ1) is 14.2. The summed E-state index contributed by atoms with van der Waals surface area (Å²) in [5, 5.41) is 0. The molecule has 2 aliphatic heterocycles. The average molecular weight is 394 g/mol. The number of ether oxygens (including phenoxy) is 1. The Labute approximate surface area is 173 Å². The van der Waals surface area contributed by atoms with Crippen LogP contribution < -0.4 is 4.74 Å². The summed E-state index contributed by atoms with van der Waals surface area (Å²) in [6.07, 6.45) is 7.65. The van der Waals surface area contributed by atoms with Crippen molar-refractivity contribution in [2.45, 2.75) is 45.7 Å². The third kappa shape index (κ3) is 4.96. The molecule has 0 N–H and O–H groups in total. The van der Waals surface area contributed by atoms with E-state index >= 15 is 0 Å². The summed E-state index contributed by atoms with van der Waals surface area (Å²) in [6, 6.07) is 12.5. The molecule has 0 atom stereocenters. The van der Waals surface area contributed by atoms with Crippen molar-refractivity contribution in [3.05, 3.63) is 59.9 Å². The highest BCUT2D eigenvalue weighted by Gasteiger charge is 2.40. The van der Waals surface area contributed by atoms with E-state index in [0.717, 1.165) is 56.8 Å². The monoisotopic (exact) mass is 393 g/mol. The molecule has 1 amide bonds. The van der Waals surface area contributed by atoms with Gasteiger partial charge in [-0.05, 0) is 80.1 Å². The van der Waals surface area contributed by atoms with Crippen molar-refractivity contribution in [2.24, 2.45) is 5.41 Å². The van der Waals surface area contributed by atoms with E-state index in [1.807, 2.05) is 25.1 Å². The summed E-state index contributed by atoms with van der Waals surface area (Å²) in [7, 11) is 0. The maximum absolute atomic E-state index is 12.5. The number of aromatic nitrogens is 1. The van der Waals surface area contributed by atoms with Crippen LogP contribution in [-0.2, 0) is 17.9 Å². The number of amides is 1. The van der Waals surface area contributed by atoms with E-state index < -0.39 is 0 Å². The first-order valence-electron chi connectivity index (χ1n) is 10.8. The second kappa shape index (κ2) is 8.95. The molecule has 1 aromatic heterocycles. The Morgan fingerprint density at radius 1 is 1.03 bits per heavy atom. The van der Waals surface area contributed by atoms with Gasteiger partial charge in [-0.25, -0.2) is 0 Å². The van der Waals surface area contributed by atoms with Crippen LogP contribution in [0.5, 0.6) is 5.75 Å². The number of piperidine rings is 2. The molecule has 0 saturated carbocycles. The second-order valence-electron chi connectivity index (χ2n) is 8.46. The summed E-state index contributed by atoms with van der Waals surface area (Å²) >= 11 is 0. The lowest BCUT2D eigenvalue weighted by molar-refractivity contribution is -0.140. The van der Waals surface area contributed by atoms with Crippen LogP contribution in [0.3, 0.4) is 0 Å².